The number of hydrogen-bond donors (Lipinski definition) is 1. The summed E-state index contributed by atoms with van der Waals surface area (Å²) in [5, 5.41) is 1.05. The van der Waals surface area contributed by atoms with Crippen molar-refractivity contribution >= 4 is 29.1 Å². The first-order valence-electron chi connectivity index (χ1n) is 8.27. The highest BCUT2D eigenvalue weighted by atomic mass is 35.5. The van der Waals surface area contributed by atoms with Gasteiger partial charge in [0.15, 0.2) is 0 Å². The average molecular weight is 355 g/mol. The fourth-order valence-corrected chi connectivity index (χ4v) is 4.10. The fourth-order valence-electron chi connectivity index (χ4n) is 3.80. The molecule has 1 aromatic carbocycles. The SMILES string of the molecule is CC1(C)CN(C(=O)C2(c3ccc(Cl)c(Cl)c3)CCC2)CCC1N. The van der Waals surface area contributed by atoms with Crippen molar-refractivity contribution < 1.29 is 4.79 Å². The van der Waals surface area contributed by atoms with Gasteiger partial charge < -0.3 is 10.6 Å². The van der Waals surface area contributed by atoms with Crippen LogP contribution in [0.25, 0.3) is 0 Å². The summed E-state index contributed by atoms with van der Waals surface area (Å²) in [6.07, 6.45) is 3.69. The molecule has 2 fully saturated rings. The van der Waals surface area contributed by atoms with E-state index in [0.29, 0.717) is 10.0 Å². The lowest BCUT2D eigenvalue weighted by molar-refractivity contribution is -0.144. The Morgan fingerprint density at radius 3 is 2.48 bits per heavy atom. The maximum atomic E-state index is 13.3. The van der Waals surface area contributed by atoms with Gasteiger partial charge in [-0.1, -0.05) is 49.5 Å². The summed E-state index contributed by atoms with van der Waals surface area (Å²) in [6.45, 7) is 5.75. The van der Waals surface area contributed by atoms with Crippen LogP contribution >= 0.6 is 23.2 Å². The lowest BCUT2D eigenvalue weighted by atomic mass is 9.63. The van der Waals surface area contributed by atoms with Crippen molar-refractivity contribution in [1.82, 2.24) is 4.90 Å². The van der Waals surface area contributed by atoms with Crippen molar-refractivity contribution in [2.45, 2.75) is 51.0 Å². The molecule has 5 heteroatoms. The normalized spacial score (nSPS) is 25.8. The Bertz CT molecular complexity index is 625. The molecule has 1 aromatic rings. The highest BCUT2D eigenvalue weighted by Gasteiger charge is 2.49. The van der Waals surface area contributed by atoms with E-state index >= 15 is 0 Å². The number of carbonyl (C=O) groups is 1. The van der Waals surface area contributed by atoms with Gasteiger partial charge in [-0.3, -0.25) is 4.79 Å². The molecular weight excluding hydrogens is 331 g/mol. The van der Waals surface area contributed by atoms with E-state index < -0.39 is 5.41 Å². The van der Waals surface area contributed by atoms with Gasteiger partial charge in [0, 0.05) is 19.1 Å². The molecule has 1 aliphatic heterocycles. The van der Waals surface area contributed by atoms with Gasteiger partial charge >= 0.3 is 0 Å². The third-order valence-electron chi connectivity index (χ3n) is 5.69. The Morgan fingerprint density at radius 1 is 1.26 bits per heavy atom. The summed E-state index contributed by atoms with van der Waals surface area (Å²) in [6, 6.07) is 5.75. The van der Waals surface area contributed by atoms with Crippen molar-refractivity contribution in [2.75, 3.05) is 13.1 Å². The second-order valence-electron chi connectivity index (χ2n) is 7.68. The van der Waals surface area contributed by atoms with Gasteiger partial charge in [-0.15, -0.1) is 0 Å². The van der Waals surface area contributed by atoms with E-state index in [0.717, 1.165) is 44.3 Å². The van der Waals surface area contributed by atoms with E-state index in [1.807, 2.05) is 17.0 Å². The van der Waals surface area contributed by atoms with Gasteiger partial charge in [-0.05, 0) is 42.4 Å². The second kappa shape index (κ2) is 5.94. The van der Waals surface area contributed by atoms with Crippen molar-refractivity contribution in [2.24, 2.45) is 11.1 Å². The topological polar surface area (TPSA) is 46.3 Å². The standard InChI is InChI=1S/C18H24Cl2N2O/c1-17(2)11-22(9-6-15(17)21)16(23)18(7-3-8-18)12-4-5-13(19)14(20)10-12/h4-5,10,15H,3,6-9,11,21H2,1-2H3. The number of carbonyl (C=O) groups excluding carboxylic acids is 1. The molecule has 1 saturated carbocycles. The minimum atomic E-state index is -0.425. The molecule has 1 saturated heterocycles. The first-order chi connectivity index (χ1) is 10.8. The Kier molecular flexibility index (Phi) is 4.41. The van der Waals surface area contributed by atoms with Gasteiger partial charge in [0.25, 0.3) is 0 Å². The fraction of sp³-hybridized carbons (Fsp3) is 0.611. The lowest BCUT2D eigenvalue weighted by Crippen LogP contribution is -2.59. The molecular formula is C18H24Cl2N2O. The number of piperidine rings is 1. The smallest absolute Gasteiger partial charge is 0.233 e. The second-order valence-corrected chi connectivity index (χ2v) is 8.49. The molecule has 1 unspecified atom stereocenters. The van der Waals surface area contributed by atoms with E-state index in [-0.39, 0.29) is 17.4 Å². The predicted molar refractivity (Wildman–Crippen MR) is 94.9 cm³/mol. The molecule has 1 heterocycles. The minimum Gasteiger partial charge on any atom is -0.341 e. The summed E-state index contributed by atoms with van der Waals surface area (Å²) in [7, 11) is 0. The Hall–Kier alpha value is -0.770. The molecule has 1 aliphatic carbocycles. The van der Waals surface area contributed by atoms with Crippen LogP contribution in [-0.4, -0.2) is 29.9 Å². The Balaban J connectivity index is 1.88. The molecule has 1 atom stereocenters. The van der Waals surface area contributed by atoms with Crippen LogP contribution in [0.2, 0.25) is 10.0 Å². The van der Waals surface area contributed by atoms with Crippen LogP contribution in [0.3, 0.4) is 0 Å². The number of benzene rings is 1. The van der Waals surface area contributed by atoms with E-state index in [9.17, 15) is 4.79 Å². The number of nitrogens with zero attached hydrogens (tertiary/aromatic N) is 1. The number of amides is 1. The molecule has 0 spiro atoms. The van der Waals surface area contributed by atoms with Gasteiger partial charge in [0.2, 0.25) is 5.91 Å². The minimum absolute atomic E-state index is 0.0452. The van der Waals surface area contributed by atoms with Crippen molar-refractivity contribution in [3.8, 4) is 0 Å². The summed E-state index contributed by atoms with van der Waals surface area (Å²) < 4.78 is 0. The van der Waals surface area contributed by atoms with Crippen LogP contribution in [0.1, 0.15) is 45.1 Å². The largest absolute Gasteiger partial charge is 0.341 e. The molecule has 0 bridgehead atoms. The quantitative estimate of drug-likeness (QED) is 0.872. The molecule has 0 radical (unpaired) electrons. The number of halogens is 2. The first-order valence-corrected chi connectivity index (χ1v) is 9.02. The molecule has 2 aliphatic rings. The van der Waals surface area contributed by atoms with E-state index in [4.69, 9.17) is 28.9 Å². The summed E-state index contributed by atoms with van der Waals surface area (Å²) >= 11 is 12.2. The van der Waals surface area contributed by atoms with Gasteiger partial charge in [-0.25, -0.2) is 0 Å². The molecule has 23 heavy (non-hydrogen) atoms. The van der Waals surface area contributed by atoms with Crippen LogP contribution in [0.15, 0.2) is 18.2 Å². The average Bonchev–Trinajstić information content (AvgIpc) is 2.44. The van der Waals surface area contributed by atoms with Crippen molar-refractivity contribution in [3.05, 3.63) is 33.8 Å². The van der Waals surface area contributed by atoms with Crippen molar-refractivity contribution in [3.63, 3.8) is 0 Å². The summed E-state index contributed by atoms with van der Waals surface area (Å²) in [4.78, 5) is 15.3. The predicted octanol–water partition coefficient (Wildman–Crippen LogP) is 4.00. The van der Waals surface area contributed by atoms with Crippen molar-refractivity contribution in [1.29, 1.82) is 0 Å². The highest BCUT2D eigenvalue weighted by molar-refractivity contribution is 6.42. The number of nitrogens with two attached hydrogens (primary N) is 1. The molecule has 0 aromatic heterocycles. The number of likely N-dealkylation sites (tertiary alicyclic amines) is 1. The molecule has 3 rings (SSSR count). The third kappa shape index (κ3) is 2.88. The van der Waals surface area contributed by atoms with Gasteiger partial charge in [0.1, 0.15) is 0 Å². The maximum absolute atomic E-state index is 13.3. The summed E-state index contributed by atoms with van der Waals surface area (Å²) in [5.41, 5.74) is 6.73. The number of hydrogen-bond acceptors (Lipinski definition) is 2. The van der Waals surface area contributed by atoms with Crippen LogP contribution < -0.4 is 5.73 Å². The van der Waals surface area contributed by atoms with Crippen LogP contribution in [0.4, 0.5) is 0 Å². The first kappa shape index (κ1) is 17.1. The van der Waals surface area contributed by atoms with Crippen LogP contribution in [0, 0.1) is 5.41 Å². The zero-order chi connectivity index (χ0) is 16.8. The van der Waals surface area contributed by atoms with E-state index in [1.165, 1.54) is 0 Å². The zero-order valence-corrected chi connectivity index (χ0v) is 15.3. The highest BCUT2D eigenvalue weighted by Crippen LogP contribution is 2.47. The van der Waals surface area contributed by atoms with E-state index in [1.54, 1.807) is 6.07 Å². The monoisotopic (exact) mass is 354 g/mol. The number of rotatable bonds is 2. The van der Waals surface area contributed by atoms with Gasteiger partial charge in [0.05, 0.1) is 15.5 Å². The maximum Gasteiger partial charge on any atom is 0.233 e. The van der Waals surface area contributed by atoms with Gasteiger partial charge in [-0.2, -0.15) is 0 Å². The Morgan fingerprint density at radius 2 is 1.96 bits per heavy atom. The van der Waals surface area contributed by atoms with Crippen LogP contribution in [-0.2, 0) is 10.2 Å². The molecule has 2 N–H and O–H groups in total. The molecule has 3 nitrogen and oxygen atoms in total. The summed E-state index contributed by atoms with van der Waals surface area (Å²) in [5.74, 6) is 0.224. The molecule has 126 valence electrons. The Labute approximate surface area is 148 Å². The molecule has 1 amide bonds. The third-order valence-corrected chi connectivity index (χ3v) is 6.43. The van der Waals surface area contributed by atoms with Crippen LogP contribution in [0.5, 0.6) is 0 Å². The zero-order valence-electron chi connectivity index (χ0n) is 13.7. The lowest BCUT2D eigenvalue weighted by Gasteiger charge is -2.49. The van der Waals surface area contributed by atoms with E-state index in [2.05, 4.69) is 13.8 Å².